The van der Waals surface area contributed by atoms with Gasteiger partial charge in [-0.1, -0.05) is 32.0 Å². The molecular weight excluding hydrogens is 219 g/mol. The Bertz CT molecular complexity index is 368. The molecule has 1 aliphatic heterocycles. The third-order valence-electron chi connectivity index (χ3n) is 2.62. The van der Waals surface area contributed by atoms with Gasteiger partial charge in [0, 0.05) is 5.69 Å². The van der Waals surface area contributed by atoms with Crippen LogP contribution in [0.4, 0.5) is 5.69 Å². The van der Waals surface area contributed by atoms with Crippen molar-refractivity contribution in [3.05, 3.63) is 29.8 Å². The second-order valence-corrected chi connectivity index (χ2v) is 4.05. The largest absolute Gasteiger partial charge is 0.368 e. The summed E-state index contributed by atoms with van der Waals surface area (Å²) >= 11 is 0. The molecular formula is C12H19N2OP. The first kappa shape index (κ1) is 13.0. The van der Waals surface area contributed by atoms with Crippen molar-refractivity contribution in [1.82, 2.24) is 0 Å². The zero-order valence-electron chi connectivity index (χ0n) is 9.81. The van der Waals surface area contributed by atoms with E-state index in [9.17, 15) is 4.79 Å². The predicted octanol–water partition coefficient (Wildman–Crippen LogP) is 2.11. The highest BCUT2D eigenvalue weighted by Gasteiger charge is 2.26. The second-order valence-electron chi connectivity index (χ2n) is 3.49. The van der Waals surface area contributed by atoms with E-state index < -0.39 is 0 Å². The molecule has 0 saturated heterocycles. The number of nitrogens with two attached hydrogens (primary N) is 1. The minimum absolute atomic E-state index is 0.185. The number of aryl methyl sites for hydroxylation is 1. The molecule has 1 aromatic rings. The van der Waals surface area contributed by atoms with Crippen LogP contribution in [0.5, 0.6) is 0 Å². The second kappa shape index (κ2) is 5.86. The maximum Gasteiger partial charge on any atom is 0.240 e. The third kappa shape index (κ3) is 2.53. The Morgan fingerprint density at radius 3 is 2.69 bits per heavy atom. The molecule has 0 saturated carbocycles. The van der Waals surface area contributed by atoms with Crippen LogP contribution < -0.4 is 10.4 Å². The first-order valence-corrected chi connectivity index (χ1v) is 6.13. The molecule has 4 heteroatoms. The molecule has 1 aromatic carbocycles. The fourth-order valence-corrected chi connectivity index (χ4v) is 2.40. The molecule has 1 aliphatic rings. The number of hydrogen-bond donors (Lipinski definition) is 1. The Balaban J connectivity index is 0.000000606. The molecule has 88 valence electrons. The highest BCUT2D eigenvalue weighted by Crippen LogP contribution is 2.32. The number of carbonyl (C=O) groups excluding carboxylic acids is 1. The zero-order chi connectivity index (χ0) is 12.1. The molecule has 0 spiro atoms. The SMILES string of the molecule is CC.NC(=O)C1CCc2ccccc2N1P. The van der Waals surface area contributed by atoms with E-state index in [1.807, 2.05) is 36.7 Å². The van der Waals surface area contributed by atoms with Crippen LogP contribution in [0.2, 0.25) is 0 Å². The van der Waals surface area contributed by atoms with E-state index in [4.69, 9.17) is 5.73 Å². The van der Waals surface area contributed by atoms with Crippen molar-refractivity contribution in [3.63, 3.8) is 0 Å². The van der Waals surface area contributed by atoms with E-state index in [2.05, 4.69) is 15.5 Å². The molecule has 1 heterocycles. The van der Waals surface area contributed by atoms with Crippen molar-refractivity contribution >= 4 is 21.0 Å². The number of primary amides is 1. The summed E-state index contributed by atoms with van der Waals surface area (Å²) in [6.45, 7) is 4.00. The van der Waals surface area contributed by atoms with Gasteiger partial charge in [0.05, 0.1) is 0 Å². The Morgan fingerprint density at radius 2 is 2.06 bits per heavy atom. The lowest BCUT2D eigenvalue weighted by Gasteiger charge is -2.33. The minimum atomic E-state index is -0.255. The quantitative estimate of drug-likeness (QED) is 0.762. The van der Waals surface area contributed by atoms with Crippen LogP contribution in [0, 0.1) is 0 Å². The minimum Gasteiger partial charge on any atom is -0.368 e. The van der Waals surface area contributed by atoms with Gasteiger partial charge in [0.25, 0.3) is 0 Å². The Morgan fingerprint density at radius 1 is 1.44 bits per heavy atom. The fourth-order valence-electron chi connectivity index (χ4n) is 1.85. The van der Waals surface area contributed by atoms with Crippen LogP contribution in [0.25, 0.3) is 0 Å². The summed E-state index contributed by atoms with van der Waals surface area (Å²) in [5, 5.41) is 0. The van der Waals surface area contributed by atoms with Gasteiger partial charge in [0.15, 0.2) is 0 Å². The number of hydrogen-bond acceptors (Lipinski definition) is 2. The summed E-state index contributed by atoms with van der Waals surface area (Å²) in [5.41, 5.74) is 7.69. The molecule has 0 bridgehead atoms. The van der Waals surface area contributed by atoms with Gasteiger partial charge in [-0.05, 0) is 33.9 Å². The van der Waals surface area contributed by atoms with Crippen LogP contribution in [-0.2, 0) is 11.2 Å². The van der Waals surface area contributed by atoms with E-state index >= 15 is 0 Å². The van der Waals surface area contributed by atoms with Crippen LogP contribution in [-0.4, -0.2) is 11.9 Å². The molecule has 2 N–H and O–H groups in total. The molecule has 0 aromatic heterocycles. The van der Waals surface area contributed by atoms with Crippen molar-refractivity contribution in [2.45, 2.75) is 32.7 Å². The number of benzene rings is 1. The normalized spacial score (nSPS) is 18.2. The van der Waals surface area contributed by atoms with E-state index in [0.29, 0.717) is 0 Å². The summed E-state index contributed by atoms with van der Waals surface area (Å²) in [7, 11) is 2.57. The lowest BCUT2D eigenvalue weighted by molar-refractivity contribution is -0.119. The van der Waals surface area contributed by atoms with Crippen molar-refractivity contribution < 1.29 is 4.79 Å². The number of para-hydroxylation sites is 1. The van der Waals surface area contributed by atoms with Crippen molar-refractivity contribution in [1.29, 1.82) is 0 Å². The van der Waals surface area contributed by atoms with E-state index in [1.165, 1.54) is 5.56 Å². The summed E-state index contributed by atoms with van der Waals surface area (Å²) in [5.74, 6) is -0.255. The van der Waals surface area contributed by atoms with E-state index in [-0.39, 0.29) is 11.9 Å². The molecule has 0 aliphatic carbocycles. The number of amides is 1. The molecule has 0 fully saturated rings. The molecule has 3 nitrogen and oxygen atoms in total. The average Bonchev–Trinajstić information content (AvgIpc) is 2.32. The number of rotatable bonds is 1. The lowest BCUT2D eigenvalue weighted by atomic mass is 9.98. The molecule has 2 atom stereocenters. The Kier molecular flexibility index (Phi) is 4.75. The third-order valence-corrected chi connectivity index (χ3v) is 3.26. The lowest BCUT2D eigenvalue weighted by Crippen LogP contribution is -2.42. The summed E-state index contributed by atoms with van der Waals surface area (Å²) in [6.07, 6.45) is 1.73. The smallest absolute Gasteiger partial charge is 0.240 e. The van der Waals surface area contributed by atoms with Gasteiger partial charge in [-0.25, -0.2) is 0 Å². The molecule has 0 radical (unpaired) electrons. The van der Waals surface area contributed by atoms with Gasteiger partial charge >= 0.3 is 0 Å². The van der Waals surface area contributed by atoms with Crippen molar-refractivity contribution in [3.8, 4) is 0 Å². The first-order valence-electron chi connectivity index (χ1n) is 5.61. The van der Waals surface area contributed by atoms with Gasteiger partial charge in [0.2, 0.25) is 5.91 Å². The monoisotopic (exact) mass is 238 g/mol. The fraction of sp³-hybridized carbons (Fsp3) is 0.417. The molecule has 16 heavy (non-hydrogen) atoms. The number of carbonyl (C=O) groups is 1. The highest BCUT2D eigenvalue weighted by molar-refractivity contribution is 7.19. The van der Waals surface area contributed by atoms with E-state index in [1.54, 1.807) is 0 Å². The van der Waals surface area contributed by atoms with Gasteiger partial charge < -0.3 is 10.4 Å². The zero-order valence-corrected chi connectivity index (χ0v) is 11.0. The van der Waals surface area contributed by atoms with Crippen LogP contribution in [0.1, 0.15) is 25.8 Å². The maximum absolute atomic E-state index is 11.1. The van der Waals surface area contributed by atoms with Gasteiger partial charge in [-0.2, -0.15) is 0 Å². The van der Waals surface area contributed by atoms with Crippen LogP contribution in [0.15, 0.2) is 24.3 Å². The molecule has 2 unspecified atom stereocenters. The van der Waals surface area contributed by atoms with Crippen LogP contribution in [0.3, 0.4) is 0 Å². The topological polar surface area (TPSA) is 46.3 Å². The number of nitrogens with zero attached hydrogens (tertiary/aromatic N) is 1. The highest BCUT2D eigenvalue weighted by atomic mass is 31.0. The van der Waals surface area contributed by atoms with Crippen LogP contribution >= 0.6 is 9.39 Å². The standard InChI is InChI=1S/C10H13N2OP.C2H6/c11-10(13)9-6-5-7-3-1-2-4-8(7)12(9)14;1-2/h1-4,9H,5-6,14H2,(H2,11,13);1-2H3. The number of anilines is 1. The maximum atomic E-state index is 11.1. The Hall–Kier alpha value is -1.08. The van der Waals surface area contributed by atoms with E-state index in [0.717, 1.165) is 18.5 Å². The predicted molar refractivity (Wildman–Crippen MR) is 71.3 cm³/mol. The summed E-state index contributed by atoms with van der Waals surface area (Å²) in [6, 6.07) is 7.90. The van der Waals surface area contributed by atoms with Crippen molar-refractivity contribution in [2.24, 2.45) is 5.73 Å². The van der Waals surface area contributed by atoms with Gasteiger partial charge in [-0.3, -0.25) is 4.79 Å². The summed E-state index contributed by atoms with van der Waals surface area (Å²) in [4.78, 5) is 11.1. The molecule has 1 amide bonds. The van der Waals surface area contributed by atoms with Crippen molar-refractivity contribution in [2.75, 3.05) is 4.67 Å². The first-order chi connectivity index (χ1) is 7.70. The van der Waals surface area contributed by atoms with Gasteiger partial charge in [-0.15, -0.1) is 0 Å². The van der Waals surface area contributed by atoms with Gasteiger partial charge in [0.1, 0.15) is 6.04 Å². The molecule has 2 rings (SSSR count). The summed E-state index contributed by atoms with van der Waals surface area (Å²) < 4.78 is 1.89. The number of fused-ring (bicyclic) bond motifs is 1. The Labute approximate surface area is 99.3 Å². The average molecular weight is 238 g/mol.